The maximum Gasteiger partial charge on any atom is 0.191 e. The second-order valence-corrected chi connectivity index (χ2v) is 5.65. The highest BCUT2D eigenvalue weighted by molar-refractivity contribution is 6.30. The predicted octanol–water partition coefficient (Wildman–Crippen LogP) is 3.53. The summed E-state index contributed by atoms with van der Waals surface area (Å²) in [6.45, 7) is 1.15. The molecule has 0 fully saturated rings. The lowest BCUT2D eigenvalue weighted by atomic mass is 10.1. The number of aliphatic imine (C=N–C) groups is 1. The maximum absolute atomic E-state index is 13.0. The molecule has 6 heteroatoms. The van der Waals surface area contributed by atoms with Crippen molar-refractivity contribution in [3.63, 3.8) is 0 Å². The van der Waals surface area contributed by atoms with E-state index in [1.165, 1.54) is 12.1 Å². The third kappa shape index (κ3) is 5.51. The Morgan fingerprint density at radius 1 is 1.12 bits per heavy atom. The Morgan fingerprint density at radius 3 is 2.38 bits per heavy atom. The van der Waals surface area contributed by atoms with Crippen molar-refractivity contribution in [1.82, 2.24) is 10.6 Å². The summed E-state index contributed by atoms with van der Waals surface area (Å²) in [5.74, 6) is 0.399. The SMILES string of the molecule is CN=C(NCc1ccc(Cl)cc1)NCC(OC)c1ccc(F)cc1. The third-order valence-corrected chi connectivity index (χ3v) is 3.83. The zero-order valence-corrected chi connectivity index (χ0v) is 14.5. The molecule has 2 aromatic carbocycles. The van der Waals surface area contributed by atoms with Crippen LogP contribution in [0.3, 0.4) is 0 Å². The van der Waals surface area contributed by atoms with Gasteiger partial charge in [0.15, 0.2) is 5.96 Å². The molecule has 0 saturated carbocycles. The number of halogens is 2. The molecule has 4 nitrogen and oxygen atoms in total. The van der Waals surface area contributed by atoms with Gasteiger partial charge in [-0.3, -0.25) is 4.99 Å². The van der Waals surface area contributed by atoms with E-state index < -0.39 is 0 Å². The minimum absolute atomic E-state index is 0.195. The van der Waals surface area contributed by atoms with E-state index in [0.29, 0.717) is 24.1 Å². The van der Waals surface area contributed by atoms with Crippen molar-refractivity contribution in [3.05, 3.63) is 70.5 Å². The smallest absolute Gasteiger partial charge is 0.191 e. The van der Waals surface area contributed by atoms with Gasteiger partial charge in [-0.25, -0.2) is 4.39 Å². The first-order chi connectivity index (χ1) is 11.6. The van der Waals surface area contributed by atoms with Crippen LogP contribution in [0.2, 0.25) is 5.02 Å². The van der Waals surface area contributed by atoms with Crippen LogP contribution in [0.5, 0.6) is 0 Å². The lowest BCUT2D eigenvalue weighted by molar-refractivity contribution is 0.106. The summed E-state index contributed by atoms with van der Waals surface area (Å²) < 4.78 is 18.5. The first-order valence-electron chi connectivity index (χ1n) is 7.59. The fourth-order valence-corrected chi connectivity index (χ4v) is 2.34. The van der Waals surface area contributed by atoms with Gasteiger partial charge in [-0.1, -0.05) is 35.9 Å². The highest BCUT2D eigenvalue weighted by Gasteiger charge is 2.11. The molecule has 2 aromatic rings. The molecule has 0 aliphatic rings. The van der Waals surface area contributed by atoms with E-state index in [0.717, 1.165) is 11.1 Å². The van der Waals surface area contributed by atoms with Crippen molar-refractivity contribution in [2.24, 2.45) is 4.99 Å². The first-order valence-corrected chi connectivity index (χ1v) is 7.97. The molecule has 128 valence electrons. The zero-order valence-electron chi connectivity index (χ0n) is 13.7. The van der Waals surface area contributed by atoms with E-state index in [9.17, 15) is 4.39 Å². The Labute approximate surface area is 146 Å². The first kappa shape index (κ1) is 18.2. The molecular weight excluding hydrogens is 329 g/mol. The van der Waals surface area contributed by atoms with Crippen LogP contribution in [-0.2, 0) is 11.3 Å². The summed E-state index contributed by atoms with van der Waals surface area (Å²) in [7, 11) is 3.33. The van der Waals surface area contributed by atoms with Crippen LogP contribution >= 0.6 is 11.6 Å². The molecule has 1 atom stereocenters. The van der Waals surface area contributed by atoms with E-state index >= 15 is 0 Å². The van der Waals surface area contributed by atoms with Gasteiger partial charge in [-0.15, -0.1) is 0 Å². The molecule has 0 amide bonds. The number of guanidine groups is 1. The quantitative estimate of drug-likeness (QED) is 0.619. The number of hydrogen-bond donors (Lipinski definition) is 2. The monoisotopic (exact) mass is 349 g/mol. The molecule has 0 aliphatic carbocycles. The molecule has 0 heterocycles. The van der Waals surface area contributed by atoms with Crippen LogP contribution in [0, 0.1) is 5.82 Å². The van der Waals surface area contributed by atoms with Gasteiger partial charge in [-0.05, 0) is 35.4 Å². The van der Waals surface area contributed by atoms with E-state index in [4.69, 9.17) is 16.3 Å². The Morgan fingerprint density at radius 2 is 1.79 bits per heavy atom. The molecule has 0 aromatic heterocycles. The van der Waals surface area contributed by atoms with Crippen molar-refractivity contribution >= 4 is 17.6 Å². The summed E-state index contributed by atoms with van der Waals surface area (Å²) in [4.78, 5) is 4.19. The summed E-state index contributed by atoms with van der Waals surface area (Å²) in [5, 5.41) is 7.15. The molecule has 1 unspecified atom stereocenters. The van der Waals surface area contributed by atoms with E-state index in [2.05, 4.69) is 15.6 Å². The Balaban J connectivity index is 1.87. The normalized spacial score (nSPS) is 12.8. The predicted molar refractivity (Wildman–Crippen MR) is 95.8 cm³/mol. The van der Waals surface area contributed by atoms with E-state index in [1.54, 1.807) is 26.3 Å². The molecule has 0 spiro atoms. The topological polar surface area (TPSA) is 45.7 Å². The highest BCUT2D eigenvalue weighted by atomic mass is 35.5. The summed E-state index contributed by atoms with van der Waals surface area (Å²) in [5.41, 5.74) is 2.00. The summed E-state index contributed by atoms with van der Waals surface area (Å²) in [6.07, 6.45) is -0.195. The second kappa shape index (κ2) is 9.25. The average molecular weight is 350 g/mol. The number of hydrogen-bond acceptors (Lipinski definition) is 2. The minimum atomic E-state index is -0.262. The number of nitrogens with one attached hydrogen (secondary N) is 2. The van der Waals surface area contributed by atoms with E-state index in [-0.39, 0.29) is 11.9 Å². The van der Waals surface area contributed by atoms with Crippen molar-refractivity contribution < 1.29 is 9.13 Å². The van der Waals surface area contributed by atoms with Gasteiger partial charge >= 0.3 is 0 Å². The van der Waals surface area contributed by atoms with Crippen LogP contribution in [-0.4, -0.2) is 26.7 Å². The van der Waals surface area contributed by atoms with Crippen LogP contribution in [0.25, 0.3) is 0 Å². The van der Waals surface area contributed by atoms with Crippen molar-refractivity contribution in [2.75, 3.05) is 20.7 Å². The fourth-order valence-electron chi connectivity index (χ4n) is 2.21. The minimum Gasteiger partial charge on any atom is -0.375 e. The molecule has 0 saturated heterocycles. The fraction of sp³-hybridized carbons (Fsp3) is 0.278. The molecule has 2 rings (SSSR count). The van der Waals surface area contributed by atoms with Gasteiger partial charge < -0.3 is 15.4 Å². The number of nitrogens with zero attached hydrogens (tertiary/aromatic N) is 1. The van der Waals surface area contributed by atoms with Gasteiger partial charge in [0.1, 0.15) is 5.82 Å². The Hall–Kier alpha value is -2.11. The molecule has 0 radical (unpaired) electrons. The van der Waals surface area contributed by atoms with E-state index in [1.807, 2.05) is 24.3 Å². The number of benzene rings is 2. The molecule has 2 N–H and O–H groups in total. The number of methoxy groups -OCH3 is 1. The van der Waals surface area contributed by atoms with Crippen molar-refractivity contribution in [2.45, 2.75) is 12.6 Å². The van der Waals surface area contributed by atoms with Gasteiger partial charge in [0.25, 0.3) is 0 Å². The van der Waals surface area contributed by atoms with Gasteiger partial charge in [0.05, 0.1) is 6.10 Å². The molecular formula is C18H21ClFN3O. The van der Waals surface area contributed by atoms with Crippen LogP contribution in [0.15, 0.2) is 53.5 Å². The molecule has 24 heavy (non-hydrogen) atoms. The van der Waals surface area contributed by atoms with Crippen LogP contribution in [0.1, 0.15) is 17.2 Å². The Bertz CT molecular complexity index is 659. The summed E-state index contributed by atoms with van der Waals surface area (Å²) >= 11 is 5.88. The zero-order chi connectivity index (χ0) is 17.4. The largest absolute Gasteiger partial charge is 0.375 e. The lowest BCUT2D eigenvalue weighted by Gasteiger charge is -2.19. The van der Waals surface area contributed by atoms with Gasteiger partial charge in [0.2, 0.25) is 0 Å². The van der Waals surface area contributed by atoms with Crippen molar-refractivity contribution in [3.8, 4) is 0 Å². The summed E-state index contributed by atoms with van der Waals surface area (Å²) in [6, 6.07) is 13.9. The maximum atomic E-state index is 13.0. The highest BCUT2D eigenvalue weighted by Crippen LogP contribution is 2.16. The number of rotatable bonds is 6. The standard InChI is InChI=1S/C18H21ClFN3O/c1-21-18(22-11-13-3-7-15(19)8-4-13)23-12-17(24-2)14-5-9-16(20)10-6-14/h3-10,17H,11-12H2,1-2H3,(H2,21,22,23). The third-order valence-electron chi connectivity index (χ3n) is 3.58. The Kier molecular flexibility index (Phi) is 7.03. The molecule has 0 aliphatic heterocycles. The van der Waals surface area contributed by atoms with Crippen LogP contribution in [0.4, 0.5) is 4.39 Å². The lowest BCUT2D eigenvalue weighted by Crippen LogP contribution is -2.39. The average Bonchev–Trinajstić information content (AvgIpc) is 2.61. The second-order valence-electron chi connectivity index (χ2n) is 5.21. The van der Waals surface area contributed by atoms with Crippen molar-refractivity contribution in [1.29, 1.82) is 0 Å². The van der Waals surface area contributed by atoms with Crippen LogP contribution < -0.4 is 10.6 Å². The van der Waals surface area contributed by atoms with Gasteiger partial charge in [-0.2, -0.15) is 0 Å². The molecule has 0 bridgehead atoms. The van der Waals surface area contributed by atoms with Gasteiger partial charge in [0, 0.05) is 32.3 Å². The number of ether oxygens (including phenoxy) is 1.